The molecule has 0 atom stereocenters. The molecule has 3 aromatic rings. The zero-order valence-electron chi connectivity index (χ0n) is 20.6. The van der Waals surface area contributed by atoms with Gasteiger partial charge in [-0.05, 0) is 93.0 Å². The fourth-order valence-corrected chi connectivity index (χ4v) is 6.78. The molecule has 8 heteroatoms. The van der Waals surface area contributed by atoms with Crippen molar-refractivity contribution in [3.8, 4) is 0 Å². The summed E-state index contributed by atoms with van der Waals surface area (Å²) in [5, 5.41) is 0. The summed E-state index contributed by atoms with van der Waals surface area (Å²) < 4.78 is 29.6. The first-order chi connectivity index (χ1) is 16.8. The molecule has 186 valence electrons. The summed E-state index contributed by atoms with van der Waals surface area (Å²) in [6.07, 6.45) is 6.70. The molecule has 3 heterocycles. The van der Waals surface area contributed by atoms with E-state index in [2.05, 4.69) is 35.5 Å². The second kappa shape index (κ2) is 9.74. The summed E-state index contributed by atoms with van der Waals surface area (Å²) in [6.45, 7) is 7.72. The average Bonchev–Trinajstić information content (AvgIpc) is 3.26. The highest BCUT2D eigenvalue weighted by atomic mass is 32.2. The minimum absolute atomic E-state index is 0.0236. The van der Waals surface area contributed by atoms with Gasteiger partial charge in [-0.1, -0.05) is 6.42 Å². The molecule has 2 aliphatic heterocycles. The van der Waals surface area contributed by atoms with Gasteiger partial charge in [-0.2, -0.15) is 4.31 Å². The Bertz CT molecular complexity index is 1320. The van der Waals surface area contributed by atoms with Crippen LogP contribution in [0.15, 0.2) is 47.6 Å². The number of likely N-dealkylation sites (tertiary alicyclic amines) is 1. The molecule has 2 aliphatic rings. The molecule has 0 N–H and O–H groups in total. The van der Waals surface area contributed by atoms with Crippen molar-refractivity contribution in [2.24, 2.45) is 5.92 Å². The third kappa shape index (κ3) is 4.86. The Morgan fingerprint density at radius 1 is 0.943 bits per heavy atom. The molecule has 2 saturated heterocycles. The number of aromatic nitrogens is 2. The first-order valence-electron chi connectivity index (χ1n) is 12.6. The third-order valence-corrected chi connectivity index (χ3v) is 9.56. The number of fused-ring (bicyclic) bond motifs is 1. The topological polar surface area (TPSA) is 75.5 Å². The second-order valence-corrected chi connectivity index (χ2v) is 12.0. The summed E-state index contributed by atoms with van der Waals surface area (Å²) in [5.41, 5.74) is 5.28. The number of hydrogen-bond acceptors (Lipinski definition) is 4. The molecule has 35 heavy (non-hydrogen) atoms. The van der Waals surface area contributed by atoms with Crippen LogP contribution in [0.25, 0.3) is 11.0 Å². The molecule has 2 aromatic carbocycles. The summed E-state index contributed by atoms with van der Waals surface area (Å²) >= 11 is 0. The highest BCUT2D eigenvalue weighted by Gasteiger charge is 2.27. The van der Waals surface area contributed by atoms with Crippen LogP contribution >= 0.6 is 0 Å². The van der Waals surface area contributed by atoms with E-state index in [0.29, 0.717) is 37.7 Å². The quantitative estimate of drug-likeness (QED) is 0.528. The number of aryl methyl sites for hydroxylation is 2. The predicted octanol–water partition coefficient (Wildman–Crippen LogP) is 4.38. The van der Waals surface area contributed by atoms with E-state index in [1.807, 2.05) is 11.2 Å². The molecule has 0 unspecified atom stereocenters. The van der Waals surface area contributed by atoms with Crippen LogP contribution in [-0.2, 0) is 16.6 Å². The number of sulfonamides is 1. The van der Waals surface area contributed by atoms with E-state index < -0.39 is 10.0 Å². The highest BCUT2D eigenvalue weighted by Crippen LogP contribution is 2.25. The van der Waals surface area contributed by atoms with Crippen molar-refractivity contribution >= 4 is 27.0 Å². The van der Waals surface area contributed by atoms with Gasteiger partial charge in [-0.3, -0.25) is 4.79 Å². The van der Waals surface area contributed by atoms with Crippen molar-refractivity contribution in [1.82, 2.24) is 18.8 Å². The molecule has 1 aromatic heterocycles. The van der Waals surface area contributed by atoms with Gasteiger partial charge in [-0.15, -0.1) is 0 Å². The van der Waals surface area contributed by atoms with E-state index in [-0.39, 0.29) is 10.8 Å². The molecular weight excluding hydrogens is 460 g/mol. The van der Waals surface area contributed by atoms with Crippen LogP contribution in [0.2, 0.25) is 0 Å². The van der Waals surface area contributed by atoms with Crippen molar-refractivity contribution in [2.75, 3.05) is 26.2 Å². The van der Waals surface area contributed by atoms with Gasteiger partial charge in [-0.25, -0.2) is 13.4 Å². The summed E-state index contributed by atoms with van der Waals surface area (Å²) in [4.78, 5) is 19.8. The number of amides is 1. The summed E-state index contributed by atoms with van der Waals surface area (Å²) in [7, 11) is -3.48. The maximum atomic E-state index is 13.1. The monoisotopic (exact) mass is 494 g/mol. The van der Waals surface area contributed by atoms with Gasteiger partial charge in [0.1, 0.15) is 0 Å². The Balaban J connectivity index is 1.20. The van der Waals surface area contributed by atoms with Crippen LogP contribution in [-0.4, -0.2) is 59.3 Å². The second-order valence-electron chi connectivity index (χ2n) is 10.0. The fraction of sp³-hybridized carbons (Fsp3) is 0.481. The molecular formula is C27H34N4O3S. The third-order valence-electron chi connectivity index (χ3n) is 7.65. The van der Waals surface area contributed by atoms with Gasteiger partial charge in [0.2, 0.25) is 10.0 Å². The number of hydrogen-bond donors (Lipinski definition) is 0. The van der Waals surface area contributed by atoms with Crippen LogP contribution < -0.4 is 0 Å². The zero-order valence-corrected chi connectivity index (χ0v) is 21.4. The Morgan fingerprint density at radius 3 is 2.29 bits per heavy atom. The predicted molar refractivity (Wildman–Crippen MR) is 137 cm³/mol. The number of benzene rings is 2. The minimum Gasteiger partial charge on any atom is -0.339 e. The van der Waals surface area contributed by atoms with E-state index in [4.69, 9.17) is 0 Å². The maximum Gasteiger partial charge on any atom is 0.253 e. The fourth-order valence-electron chi connectivity index (χ4n) is 5.26. The minimum atomic E-state index is -3.48. The molecule has 0 saturated carbocycles. The van der Waals surface area contributed by atoms with Gasteiger partial charge in [0.05, 0.1) is 22.3 Å². The van der Waals surface area contributed by atoms with E-state index >= 15 is 0 Å². The van der Waals surface area contributed by atoms with Crippen molar-refractivity contribution in [3.63, 3.8) is 0 Å². The summed E-state index contributed by atoms with van der Waals surface area (Å²) in [6, 6.07) is 10.8. The molecule has 2 fully saturated rings. The Morgan fingerprint density at radius 2 is 1.60 bits per heavy atom. The van der Waals surface area contributed by atoms with E-state index in [0.717, 1.165) is 44.2 Å². The Hall–Kier alpha value is -2.71. The highest BCUT2D eigenvalue weighted by molar-refractivity contribution is 7.89. The van der Waals surface area contributed by atoms with Gasteiger partial charge in [0.25, 0.3) is 5.91 Å². The Labute approximate surface area is 207 Å². The first-order valence-corrected chi connectivity index (χ1v) is 14.1. The molecule has 0 bridgehead atoms. The number of rotatable bonds is 5. The molecule has 0 spiro atoms. The van der Waals surface area contributed by atoms with Gasteiger partial charge in [0, 0.05) is 38.3 Å². The standard InChI is InChI=1S/C27H34N4O3S/c1-20-16-25-26(17-21(20)2)30(19-28-25)18-22-10-14-29(15-11-22)27(32)23-6-8-24(9-7-23)35(33,34)31-12-4-3-5-13-31/h6-9,16-17,19,22H,3-5,10-15,18H2,1-2H3. The number of imidazole rings is 1. The summed E-state index contributed by atoms with van der Waals surface area (Å²) in [5.74, 6) is 0.472. The van der Waals surface area contributed by atoms with Crippen LogP contribution in [0, 0.1) is 19.8 Å². The average molecular weight is 495 g/mol. The van der Waals surface area contributed by atoms with Crippen molar-refractivity contribution < 1.29 is 13.2 Å². The first kappa shape index (κ1) is 24.0. The lowest BCUT2D eigenvalue weighted by molar-refractivity contribution is 0.0683. The largest absolute Gasteiger partial charge is 0.339 e. The van der Waals surface area contributed by atoms with Crippen molar-refractivity contribution in [1.29, 1.82) is 0 Å². The normalized spacial score (nSPS) is 18.3. The number of carbonyl (C=O) groups is 1. The smallest absolute Gasteiger partial charge is 0.253 e. The SMILES string of the molecule is Cc1cc2ncn(CC3CCN(C(=O)c4ccc(S(=O)(=O)N5CCCCC5)cc4)CC3)c2cc1C. The zero-order chi connectivity index (χ0) is 24.6. The number of carbonyl (C=O) groups excluding carboxylic acids is 1. The molecule has 5 rings (SSSR count). The number of nitrogens with zero attached hydrogens (tertiary/aromatic N) is 4. The maximum absolute atomic E-state index is 13.1. The molecule has 1 amide bonds. The van der Waals surface area contributed by atoms with Gasteiger partial charge in [0.15, 0.2) is 0 Å². The van der Waals surface area contributed by atoms with Gasteiger partial charge >= 0.3 is 0 Å². The lowest BCUT2D eigenvalue weighted by Gasteiger charge is -2.32. The van der Waals surface area contributed by atoms with E-state index in [1.54, 1.807) is 28.6 Å². The van der Waals surface area contributed by atoms with Crippen molar-refractivity contribution in [3.05, 3.63) is 59.4 Å². The number of piperidine rings is 2. The lowest BCUT2D eigenvalue weighted by atomic mass is 9.96. The van der Waals surface area contributed by atoms with Gasteiger partial charge < -0.3 is 9.47 Å². The Kier molecular flexibility index (Phi) is 6.68. The van der Waals surface area contributed by atoms with E-state index in [1.165, 1.54) is 16.6 Å². The lowest BCUT2D eigenvalue weighted by Crippen LogP contribution is -2.39. The van der Waals surface area contributed by atoms with Crippen LogP contribution in [0.5, 0.6) is 0 Å². The van der Waals surface area contributed by atoms with Crippen molar-refractivity contribution in [2.45, 2.75) is 57.4 Å². The molecule has 7 nitrogen and oxygen atoms in total. The van der Waals surface area contributed by atoms with Crippen LogP contribution in [0.3, 0.4) is 0 Å². The molecule has 0 radical (unpaired) electrons. The molecule has 0 aliphatic carbocycles. The van der Waals surface area contributed by atoms with E-state index in [9.17, 15) is 13.2 Å². The van der Waals surface area contributed by atoms with Crippen LogP contribution in [0.4, 0.5) is 0 Å². The van der Waals surface area contributed by atoms with Crippen LogP contribution in [0.1, 0.15) is 53.6 Å².